The lowest BCUT2D eigenvalue weighted by molar-refractivity contribution is -0.0216. The first-order chi connectivity index (χ1) is 17.5. The summed E-state index contributed by atoms with van der Waals surface area (Å²) in [6.45, 7) is 5.96. The van der Waals surface area contributed by atoms with E-state index in [1.54, 1.807) is 6.20 Å². The molecule has 8 nitrogen and oxygen atoms in total. The molecule has 2 N–H and O–H groups in total. The number of pyridine rings is 1. The molecule has 1 saturated heterocycles. The van der Waals surface area contributed by atoms with Gasteiger partial charge in [-0.2, -0.15) is 0 Å². The fourth-order valence-electron chi connectivity index (χ4n) is 5.10. The van der Waals surface area contributed by atoms with Gasteiger partial charge < -0.3 is 25.1 Å². The van der Waals surface area contributed by atoms with Gasteiger partial charge >= 0.3 is 0 Å². The van der Waals surface area contributed by atoms with Crippen molar-refractivity contribution in [1.82, 2.24) is 24.8 Å². The van der Waals surface area contributed by atoms with Gasteiger partial charge in [0.25, 0.3) is 0 Å². The molecule has 1 aromatic carbocycles. The van der Waals surface area contributed by atoms with Crippen LogP contribution in [0, 0.1) is 0 Å². The summed E-state index contributed by atoms with van der Waals surface area (Å²) in [5.74, 6) is 1.50. The molecule has 2 aromatic heterocycles. The average molecular weight is 488 g/mol. The van der Waals surface area contributed by atoms with E-state index in [9.17, 15) is 5.11 Å². The van der Waals surface area contributed by atoms with Crippen LogP contribution < -0.4 is 10.2 Å². The van der Waals surface area contributed by atoms with Gasteiger partial charge in [0, 0.05) is 69.8 Å². The second-order valence-electron chi connectivity index (χ2n) is 10.3. The molecule has 7 heterocycles. The fourth-order valence-corrected chi connectivity index (χ4v) is 5.10. The molecule has 3 aromatic rings. The molecule has 36 heavy (non-hydrogen) atoms. The van der Waals surface area contributed by atoms with E-state index in [1.807, 2.05) is 24.4 Å². The van der Waals surface area contributed by atoms with Crippen LogP contribution >= 0.6 is 0 Å². The van der Waals surface area contributed by atoms with Gasteiger partial charge in [0.2, 0.25) is 5.95 Å². The molecule has 0 amide bonds. The molecule has 8 rings (SSSR count). The highest BCUT2D eigenvalue weighted by Crippen LogP contribution is 2.28. The summed E-state index contributed by atoms with van der Waals surface area (Å²) in [6, 6.07) is 14.2. The molecule has 5 aliphatic rings. The van der Waals surface area contributed by atoms with Crippen LogP contribution in [-0.2, 0) is 6.42 Å². The third kappa shape index (κ3) is 6.19. The number of likely N-dealkylation sites (N-methyl/N-ethyl adjacent to an activating group) is 1. The maximum Gasteiger partial charge on any atom is 0.227 e. The van der Waals surface area contributed by atoms with E-state index in [2.05, 4.69) is 63.4 Å². The van der Waals surface area contributed by atoms with Crippen LogP contribution in [0.2, 0.25) is 0 Å². The highest BCUT2D eigenvalue weighted by molar-refractivity contribution is 5.62. The van der Waals surface area contributed by atoms with Crippen LogP contribution in [-0.4, -0.2) is 88.8 Å². The van der Waals surface area contributed by atoms with Crippen LogP contribution in [0.4, 0.5) is 17.5 Å². The Hall–Kier alpha value is -3.07. The first-order valence-electron chi connectivity index (χ1n) is 13.0. The largest absolute Gasteiger partial charge is 0.389 e. The average Bonchev–Trinajstić information content (AvgIpc) is 2.88. The van der Waals surface area contributed by atoms with Crippen LogP contribution in [0.15, 0.2) is 54.9 Å². The minimum Gasteiger partial charge on any atom is -0.389 e. The number of piperidine rings is 1. The van der Waals surface area contributed by atoms with E-state index in [1.165, 1.54) is 0 Å². The van der Waals surface area contributed by atoms with Crippen molar-refractivity contribution in [3.05, 3.63) is 60.4 Å². The lowest BCUT2D eigenvalue weighted by Gasteiger charge is -2.39. The van der Waals surface area contributed by atoms with E-state index < -0.39 is 5.60 Å². The summed E-state index contributed by atoms with van der Waals surface area (Å²) in [5.41, 5.74) is 3.16. The molecule has 0 radical (unpaired) electrons. The molecule has 5 aliphatic heterocycles. The van der Waals surface area contributed by atoms with E-state index in [4.69, 9.17) is 9.97 Å². The highest BCUT2D eigenvalue weighted by Gasteiger charge is 2.32. The molecule has 8 bridgehead atoms. The number of hydrogen-bond acceptors (Lipinski definition) is 8. The smallest absolute Gasteiger partial charge is 0.227 e. The van der Waals surface area contributed by atoms with Crippen LogP contribution in [0.5, 0.6) is 0 Å². The van der Waals surface area contributed by atoms with Gasteiger partial charge in [-0.15, -0.1) is 0 Å². The molecule has 8 heteroatoms. The predicted molar refractivity (Wildman–Crippen MR) is 145 cm³/mol. The van der Waals surface area contributed by atoms with Crippen molar-refractivity contribution in [2.24, 2.45) is 0 Å². The zero-order valence-corrected chi connectivity index (χ0v) is 21.4. The quantitative estimate of drug-likeness (QED) is 0.499. The van der Waals surface area contributed by atoms with Crippen LogP contribution in [0.1, 0.15) is 24.8 Å². The van der Waals surface area contributed by atoms with Crippen molar-refractivity contribution < 1.29 is 5.11 Å². The number of benzene rings is 1. The van der Waals surface area contributed by atoms with E-state index in [-0.39, 0.29) is 0 Å². The molecular formula is C28H37N7O. The maximum atomic E-state index is 11.3. The maximum absolute atomic E-state index is 11.3. The molecule has 0 saturated carbocycles. The normalized spacial score (nSPS) is 23.9. The van der Waals surface area contributed by atoms with Gasteiger partial charge in [-0.3, -0.25) is 0 Å². The zero-order chi connectivity index (χ0) is 25.0. The minimum absolute atomic E-state index is 0.542. The van der Waals surface area contributed by atoms with E-state index in [0.717, 1.165) is 86.9 Å². The Kier molecular flexibility index (Phi) is 7.46. The Labute approximate surface area is 214 Å². The Morgan fingerprint density at radius 2 is 1.78 bits per heavy atom. The SMILES string of the molecule is CN1CCCN(C)c2ccc(cn2)-c2ccnc(n2)Nc2cccc(c2)CC2(O)CCN(CC1)CC2. The number of rotatable bonds is 0. The third-order valence-corrected chi connectivity index (χ3v) is 7.42. The summed E-state index contributed by atoms with van der Waals surface area (Å²) < 4.78 is 0. The minimum atomic E-state index is -0.656. The molecule has 0 spiro atoms. The predicted octanol–water partition coefficient (Wildman–Crippen LogP) is 3.42. The number of aliphatic hydroxyl groups is 1. The standard InChI is InChI=1S/C28H37N7O/c1-33-13-4-14-34(2)26-8-7-23(21-30-26)25-9-12-29-27(32-25)31-24-6-3-5-22(19-24)20-28(36)10-15-35(16-11-28)18-17-33/h3,5-9,12,19,21,36H,4,10-11,13-18,20H2,1-2H3,(H,29,31,32). The number of hydrogen-bond donors (Lipinski definition) is 2. The summed E-state index contributed by atoms with van der Waals surface area (Å²) in [6.07, 6.45) is 6.98. The topological polar surface area (TPSA) is 80.7 Å². The number of aromatic nitrogens is 3. The summed E-state index contributed by atoms with van der Waals surface area (Å²) in [7, 11) is 4.30. The van der Waals surface area contributed by atoms with Gasteiger partial charge in [-0.05, 0) is 68.8 Å². The first kappa shape index (κ1) is 24.6. The van der Waals surface area contributed by atoms with Crippen molar-refractivity contribution in [2.75, 3.05) is 63.6 Å². The zero-order valence-electron chi connectivity index (χ0n) is 21.4. The number of anilines is 3. The molecule has 1 fully saturated rings. The molecule has 0 atom stereocenters. The van der Waals surface area contributed by atoms with Crippen molar-refractivity contribution in [1.29, 1.82) is 0 Å². The van der Waals surface area contributed by atoms with Gasteiger partial charge in [0.05, 0.1) is 11.3 Å². The summed E-state index contributed by atoms with van der Waals surface area (Å²) in [4.78, 5) is 20.9. The lowest BCUT2D eigenvalue weighted by Crippen LogP contribution is -2.47. The molecule has 0 aliphatic carbocycles. The second kappa shape index (κ2) is 10.9. The van der Waals surface area contributed by atoms with Crippen molar-refractivity contribution in [3.63, 3.8) is 0 Å². The lowest BCUT2D eigenvalue weighted by atomic mass is 9.85. The highest BCUT2D eigenvalue weighted by atomic mass is 16.3. The van der Waals surface area contributed by atoms with Crippen molar-refractivity contribution in [2.45, 2.75) is 31.3 Å². The van der Waals surface area contributed by atoms with Crippen molar-refractivity contribution in [3.8, 4) is 11.3 Å². The van der Waals surface area contributed by atoms with E-state index >= 15 is 0 Å². The Bertz CT molecular complexity index is 1140. The number of nitrogens with one attached hydrogen (secondary N) is 1. The van der Waals surface area contributed by atoms with Gasteiger partial charge in [0.15, 0.2) is 0 Å². The van der Waals surface area contributed by atoms with E-state index in [0.29, 0.717) is 12.4 Å². The molecule has 0 unspecified atom stereocenters. The van der Waals surface area contributed by atoms with Gasteiger partial charge in [-0.1, -0.05) is 12.1 Å². The molecule has 190 valence electrons. The Balaban J connectivity index is 1.39. The first-order valence-corrected chi connectivity index (χ1v) is 13.0. The second-order valence-corrected chi connectivity index (χ2v) is 10.3. The van der Waals surface area contributed by atoms with Crippen molar-refractivity contribution >= 4 is 17.5 Å². The summed E-state index contributed by atoms with van der Waals surface area (Å²) >= 11 is 0. The van der Waals surface area contributed by atoms with Gasteiger partial charge in [-0.25, -0.2) is 15.0 Å². The number of nitrogens with zero attached hydrogens (tertiary/aromatic N) is 6. The van der Waals surface area contributed by atoms with Crippen LogP contribution in [0.25, 0.3) is 11.3 Å². The fraction of sp³-hybridized carbons (Fsp3) is 0.464. The molecular weight excluding hydrogens is 450 g/mol. The summed E-state index contributed by atoms with van der Waals surface area (Å²) in [5, 5.41) is 14.7. The monoisotopic (exact) mass is 487 g/mol. The Morgan fingerprint density at radius 1 is 0.917 bits per heavy atom. The van der Waals surface area contributed by atoms with Crippen LogP contribution in [0.3, 0.4) is 0 Å². The Morgan fingerprint density at radius 3 is 2.58 bits per heavy atom. The van der Waals surface area contributed by atoms with Gasteiger partial charge in [0.1, 0.15) is 5.82 Å². The third-order valence-electron chi connectivity index (χ3n) is 7.42.